The number of rotatable bonds is 2. The Morgan fingerprint density at radius 3 is 2.47 bits per heavy atom. The molecule has 3 nitrogen and oxygen atoms in total. The molecule has 0 spiro atoms. The van der Waals surface area contributed by atoms with Crippen LogP contribution < -0.4 is 0 Å². The van der Waals surface area contributed by atoms with Gasteiger partial charge in [-0.05, 0) is 25.3 Å². The van der Waals surface area contributed by atoms with Gasteiger partial charge in [-0.1, -0.05) is 29.8 Å². The van der Waals surface area contributed by atoms with Crippen LogP contribution >= 0.6 is 0 Å². The molecule has 0 amide bonds. The zero-order chi connectivity index (χ0) is 10.3. The van der Waals surface area contributed by atoms with Gasteiger partial charge in [0.2, 0.25) is 12.3 Å². The van der Waals surface area contributed by atoms with Gasteiger partial charge < -0.3 is 4.42 Å². The largest absolute Gasteiger partial charge is 0.427 e. The molecule has 3 heteroatoms. The van der Waals surface area contributed by atoms with E-state index in [4.69, 9.17) is 4.42 Å². The quantitative estimate of drug-likeness (QED) is 0.747. The van der Waals surface area contributed by atoms with Gasteiger partial charge in [-0.3, -0.25) is 0 Å². The minimum atomic E-state index is 0.0181. The summed E-state index contributed by atoms with van der Waals surface area (Å²) in [5.41, 5.74) is 2.59. The molecule has 1 aromatic heterocycles. The van der Waals surface area contributed by atoms with Gasteiger partial charge in [0.15, 0.2) is 0 Å². The maximum atomic E-state index is 5.32. The summed E-state index contributed by atoms with van der Waals surface area (Å²) in [5, 5.41) is 7.79. The number of benzene rings is 1. The maximum Gasteiger partial charge on any atom is 0.226 e. The first-order chi connectivity index (χ1) is 7.31. The Hall–Kier alpha value is -1.64. The molecule has 1 saturated carbocycles. The summed E-state index contributed by atoms with van der Waals surface area (Å²) in [5.74, 6) is 0.756. The minimum absolute atomic E-state index is 0.0181. The maximum absolute atomic E-state index is 5.32. The average molecular weight is 200 g/mol. The zero-order valence-electron chi connectivity index (χ0n) is 8.60. The molecule has 0 aliphatic heterocycles. The predicted molar refractivity (Wildman–Crippen MR) is 55.5 cm³/mol. The first-order valence-corrected chi connectivity index (χ1v) is 5.15. The zero-order valence-corrected chi connectivity index (χ0v) is 8.60. The fourth-order valence-corrected chi connectivity index (χ4v) is 2.01. The summed E-state index contributed by atoms with van der Waals surface area (Å²) in [7, 11) is 0. The van der Waals surface area contributed by atoms with Crippen molar-refractivity contribution in [2.75, 3.05) is 0 Å². The van der Waals surface area contributed by atoms with Crippen molar-refractivity contribution in [3.05, 3.63) is 47.7 Å². The normalized spacial score (nSPS) is 17.7. The second-order valence-electron chi connectivity index (χ2n) is 4.19. The van der Waals surface area contributed by atoms with E-state index in [1.165, 1.54) is 17.5 Å². The van der Waals surface area contributed by atoms with Crippen LogP contribution in [-0.2, 0) is 5.41 Å². The molecule has 1 aliphatic carbocycles. The smallest absolute Gasteiger partial charge is 0.226 e. The Morgan fingerprint density at radius 1 is 1.20 bits per heavy atom. The van der Waals surface area contributed by atoms with E-state index in [2.05, 4.69) is 41.4 Å². The molecule has 76 valence electrons. The highest BCUT2D eigenvalue weighted by molar-refractivity contribution is 5.39. The van der Waals surface area contributed by atoms with Gasteiger partial charge in [-0.25, -0.2) is 0 Å². The molecular formula is C12H12N2O. The van der Waals surface area contributed by atoms with Crippen LogP contribution in [0.3, 0.4) is 0 Å². The van der Waals surface area contributed by atoms with Crippen LogP contribution in [0.2, 0.25) is 0 Å². The lowest BCUT2D eigenvalue weighted by atomic mass is 9.95. The van der Waals surface area contributed by atoms with E-state index in [9.17, 15) is 0 Å². The second-order valence-corrected chi connectivity index (χ2v) is 4.19. The molecule has 0 atom stereocenters. The van der Waals surface area contributed by atoms with Crippen molar-refractivity contribution in [3.63, 3.8) is 0 Å². The first-order valence-electron chi connectivity index (χ1n) is 5.15. The van der Waals surface area contributed by atoms with Crippen molar-refractivity contribution in [2.45, 2.75) is 25.2 Å². The molecular weight excluding hydrogens is 188 g/mol. The molecule has 0 unspecified atom stereocenters. The second kappa shape index (κ2) is 2.92. The van der Waals surface area contributed by atoms with E-state index in [1.54, 1.807) is 0 Å². The number of aryl methyl sites for hydroxylation is 1. The number of nitrogens with zero attached hydrogens (tertiary/aromatic N) is 2. The Balaban J connectivity index is 2.04. The third kappa shape index (κ3) is 1.27. The monoisotopic (exact) mass is 200 g/mol. The van der Waals surface area contributed by atoms with Crippen LogP contribution in [0.4, 0.5) is 0 Å². The summed E-state index contributed by atoms with van der Waals surface area (Å²) >= 11 is 0. The van der Waals surface area contributed by atoms with Crippen molar-refractivity contribution >= 4 is 0 Å². The highest BCUT2D eigenvalue weighted by Gasteiger charge is 2.50. The summed E-state index contributed by atoms with van der Waals surface area (Å²) in [6, 6.07) is 8.58. The lowest BCUT2D eigenvalue weighted by Gasteiger charge is -2.10. The van der Waals surface area contributed by atoms with Gasteiger partial charge in [0.1, 0.15) is 0 Å². The van der Waals surface area contributed by atoms with Gasteiger partial charge in [-0.2, -0.15) is 0 Å². The number of hydrogen-bond donors (Lipinski definition) is 0. The number of hydrogen-bond acceptors (Lipinski definition) is 3. The van der Waals surface area contributed by atoms with Gasteiger partial charge in [0, 0.05) is 0 Å². The Morgan fingerprint density at radius 2 is 1.93 bits per heavy atom. The van der Waals surface area contributed by atoms with Crippen molar-refractivity contribution < 1.29 is 4.42 Å². The fourth-order valence-electron chi connectivity index (χ4n) is 2.01. The van der Waals surface area contributed by atoms with Crippen molar-refractivity contribution in [1.82, 2.24) is 10.2 Å². The molecule has 1 aromatic carbocycles. The molecule has 0 radical (unpaired) electrons. The molecule has 1 aliphatic rings. The average Bonchev–Trinajstić information content (AvgIpc) is 2.88. The predicted octanol–water partition coefficient (Wildman–Crippen LogP) is 2.46. The van der Waals surface area contributed by atoms with Crippen LogP contribution in [0.15, 0.2) is 35.1 Å². The Kier molecular flexibility index (Phi) is 1.69. The minimum Gasteiger partial charge on any atom is -0.427 e. The summed E-state index contributed by atoms with van der Waals surface area (Å²) in [6.45, 7) is 2.09. The van der Waals surface area contributed by atoms with Gasteiger partial charge in [0.05, 0.1) is 5.41 Å². The lowest BCUT2D eigenvalue weighted by Crippen LogP contribution is -2.08. The van der Waals surface area contributed by atoms with E-state index in [-0.39, 0.29) is 5.41 Å². The molecule has 15 heavy (non-hydrogen) atoms. The molecule has 0 N–H and O–H groups in total. The number of aromatic nitrogens is 2. The third-order valence-corrected chi connectivity index (χ3v) is 3.12. The van der Waals surface area contributed by atoms with Gasteiger partial charge in [0.25, 0.3) is 0 Å². The molecule has 0 saturated heterocycles. The Bertz CT molecular complexity index is 455. The van der Waals surface area contributed by atoms with Gasteiger partial charge in [-0.15, -0.1) is 10.2 Å². The fraction of sp³-hybridized carbons (Fsp3) is 0.333. The standard InChI is InChI=1S/C12H12N2O/c1-9-2-4-10(5-3-9)12(6-7-12)11-14-13-8-15-11/h2-5,8H,6-7H2,1H3. The molecule has 0 bridgehead atoms. The molecule has 1 fully saturated rings. The van der Waals surface area contributed by atoms with Crippen molar-refractivity contribution in [2.24, 2.45) is 0 Å². The van der Waals surface area contributed by atoms with E-state index in [1.807, 2.05) is 0 Å². The SMILES string of the molecule is Cc1ccc(C2(c3nnco3)CC2)cc1. The van der Waals surface area contributed by atoms with E-state index < -0.39 is 0 Å². The molecule has 3 rings (SSSR count). The third-order valence-electron chi connectivity index (χ3n) is 3.12. The first kappa shape index (κ1) is 8.65. The van der Waals surface area contributed by atoms with Gasteiger partial charge >= 0.3 is 0 Å². The lowest BCUT2D eigenvalue weighted by molar-refractivity contribution is 0.461. The highest BCUT2D eigenvalue weighted by atomic mass is 16.4. The van der Waals surface area contributed by atoms with Crippen molar-refractivity contribution in [1.29, 1.82) is 0 Å². The molecule has 1 heterocycles. The summed E-state index contributed by atoms with van der Waals surface area (Å²) < 4.78 is 5.32. The highest BCUT2D eigenvalue weighted by Crippen LogP contribution is 2.52. The topological polar surface area (TPSA) is 38.9 Å². The van der Waals surface area contributed by atoms with E-state index in [0.29, 0.717) is 0 Å². The van der Waals surface area contributed by atoms with Crippen LogP contribution in [0.25, 0.3) is 0 Å². The van der Waals surface area contributed by atoms with Crippen LogP contribution in [0.5, 0.6) is 0 Å². The van der Waals surface area contributed by atoms with E-state index >= 15 is 0 Å². The van der Waals surface area contributed by atoms with Crippen LogP contribution in [-0.4, -0.2) is 10.2 Å². The Labute approximate surface area is 88.1 Å². The molecule has 2 aromatic rings. The van der Waals surface area contributed by atoms with E-state index in [0.717, 1.165) is 18.7 Å². The van der Waals surface area contributed by atoms with Crippen molar-refractivity contribution in [3.8, 4) is 0 Å². The van der Waals surface area contributed by atoms with Crippen LogP contribution in [0.1, 0.15) is 29.9 Å². The summed E-state index contributed by atoms with van der Waals surface area (Å²) in [4.78, 5) is 0. The summed E-state index contributed by atoms with van der Waals surface area (Å²) in [6.07, 6.45) is 3.63. The van der Waals surface area contributed by atoms with Crippen LogP contribution in [0, 0.1) is 6.92 Å².